The van der Waals surface area contributed by atoms with Gasteiger partial charge in [-0.15, -0.1) is 0 Å². The van der Waals surface area contributed by atoms with E-state index in [0.717, 1.165) is 37.3 Å². The van der Waals surface area contributed by atoms with Crippen LogP contribution in [0.5, 0.6) is 0 Å². The number of nitrogens with zero attached hydrogens (tertiary/aromatic N) is 1. The van der Waals surface area contributed by atoms with Gasteiger partial charge in [-0.25, -0.2) is 0 Å². The summed E-state index contributed by atoms with van der Waals surface area (Å²) in [5.41, 5.74) is 1.75. The number of rotatable bonds is 1. The van der Waals surface area contributed by atoms with Gasteiger partial charge in [0, 0.05) is 36.8 Å². The molecule has 1 aromatic rings. The largest absolute Gasteiger partial charge is 0.338 e. The van der Waals surface area contributed by atoms with Crippen LogP contribution < -0.4 is 5.32 Å². The van der Waals surface area contributed by atoms with E-state index in [1.54, 1.807) is 6.07 Å². The minimum atomic E-state index is 0.151. The van der Waals surface area contributed by atoms with E-state index in [0.29, 0.717) is 16.9 Å². The number of carbonyl (C=O) groups is 1. The lowest BCUT2D eigenvalue weighted by Gasteiger charge is -2.18. The van der Waals surface area contributed by atoms with E-state index in [2.05, 4.69) is 5.32 Å². The molecule has 3 nitrogen and oxygen atoms in total. The average molecular weight is 265 g/mol. The molecule has 1 aromatic carbocycles. The molecular weight excluding hydrogens is 248 g/mol. The molecule has 2 aliphatic rings. The summed E-state index contributed by atoms with van der Waals surface area (Å²) >= 11 is 5.93. The smallest absolute Gasteiger partial charge is 0.254 e. The second kappa shape index (κ2) is 4.56. The molecule has 1 N–H and O–H groups in total. The molecule has 2 atom stereocenters. The third-order valence-corrected chi connectivity index (χ3v) is 4.33. The zero-order valence-corrected chi connectivity index (χ0v) is 11.2. The van der Waals surface area contributed by atoms with Crippen LogP contribution in [0.2, 0.25) is 5.02 Å². The van der Waals surface area contributed by atoms with Crippen molar-refractivity contribution in [3.63, 3.8) is 0 Å². The normalized spacial score (nSPS) is 26.4. The molecule has 0 spiro atoms. The molecule has 1 amide bonds. The van der Waals surface area contributed by atoms with Gasteiger partial charge in [-0.1, -0.05) is 11.6 Å². The number of fused-ring (bicyclic) bond motifs is 1. The Morgan fingerprint density at radius 1 is 1.33 bits per heavy atom. The van der Waals surface area contributed by atoms with Crippen LogP contribution in [0, 0.1) is 18.8 Å². The Balaban J connectivity index is 1.79. The Labute approximate surface area is 112 Å². The fourth-order valence-electron chi connectivity index (χ4n) is 3.06. The van der Waals surface area contributed by atoms with Crippen LogP contribution in [0.25, 0.3) is 0 Å². The van der Waals surface area contributed by atoms with Crippen molar-refractivity contribution < 1.29 is 4.79 Å². The minimum absolute atomic E-state index is 0.151. The summed E-state index contributed by atoms with van der Waals surface area (Å²) in [6, 6.07) is 5.49. The number of nitrogens with one attached hydrogen (secondary N) is 1. The van der Waals surface area contributed by atoms with Gasteiger partial charge in [0.25, 0.3) is 5.91 Å². The molecular formula is C14H17ClN2O. The highest BCUT2D eigenvalue weighted by Gasteiger charge is 2.38. The first-order valence-electron chi connectivity index (χ1n) is 6.41. The van der Waals surface area contributed by atoms with Crippen molar-refractivity contribution in [3.05, 3.63) is 34.3 Å². The Bertz CT molecular complexity index is 477. The van der Waals surface area contributed by atoms with Gasteiger partial charge < -0.3 is 10.2 Å². The molecule has 0 bridgehead atoms. The summed E-state index contributed by atoms with van der Waals surface area (Å²) in [5.74, 6) is 1.43. The fraction of sp³-hybridized carbons (Fsp3) is 0.500. The molecule has 2 fully saturated rings. The second-order valence-corrected chi connectivity index (χ2v) is 5.78. The first-order valence-corrected chi connectivity index (χ1v) is 6.79. The lowest BCUT2D eigenvalue weighted by atomic mass is 10.0. The molecule has 18 heavy (non-hydrogen) atoms. The highest BCUT2D eigenvalue weighted by Crippen LogP contribution is 2.28. The Hall–Kier alpha value is -1.06. The SMILES string of the molecule is Cc1cc(Cl)ccc1C(=O)N1CC2CNCC2C1. The average Bonchev–Trinajstić information content (AvgIpc) is 2.87. The van der Waals surface area contributed by atoms with E-state index < -0.39 is 0 Å². The monoisotopic (exact) mass is 264 g/mol. The zero-order chi connectivity index (χ0) is 12.7. The zero-order valence-electron chi connectivity index (χ0n) is 10.4. The number of benzene rings is 1. The molecule has 0 aromatic heterocycles. The first-order chi connectivity index (χ1) is 8.65. The van der Waals surface area contributed by atoms with Gasteiger partial charge in [0.1, 0.15) is 0 Å². The number of likely N-dealkylation sites (tertiary alicyclic amines) is 1. The van der Waals surface area contributed by atoms with Crippen molar-refractivity contribution in [1.82, 2.24) is 10.2 Å². The van der Waals surface area contributed by atoms with Crippen LogP contribution in [0.1, 0.15) is 15.9 Å². The Kier molecular flexibility index (Phi) is 3.04. The van der Waals surface area contributed by atoms with E-state index in [1.165, 1.54) is 0 Å². The molecule has 2 saturated heterocycles. The highest BCUT2D eigenvalue weighted by atomic mass is 35.5. The van der Waals surface area contributed by atoms with Gasteiger partial charge in [0.05, 0.1) is 0 Å². The number of carbonyl (C=O) groups excluding carboxylic acids is 1. The fourth-order valence-corrected chi connectivity index (χ4v) is 3.29. The molecule has 96 valence electrons. The van der Waals surface area contributed by atoms with Crippen LogP contribution in [0.3, 0.4) is 0 Å². The molecule has 0 saturated carbocycles. The molecule has 0 radical (unpaired) electrons. The van der Waals surface area contributed by atoms with Crippen molar-refractivity contribution in [2.24, 2.45) is 11.8 Å². The number of aryl methyl sites for hydroxylation is 1. The van der Waals surface area contributed by atoms with E-state index in [-0.39, 0.29) is 5.91 Å². The summed E-state index contributed by atoms with van der Waals surface area (Å²) in [6.45, 7) is 5.82. The van der Waals surface area contributed by atoms with Crippen LogP contribution in [0.15, 0.2) is 18.2 Å². The Morgan fingerprint density at radius 3 is 2.61 bits per heavy atom. The van der Waals surface area contributed by atoms with Crippen molar-refractivity contribution in [1.29, 1.82) is 0 Å². The highest BCUT2D eigenvalue weighted by molar-refractivity contribution is 6.30. The van der Waals surface area contributed by atoms with E-state index in [9.17, 15) is 4.79 Å². The van der Waals surface area contributed by atoms with Crippen LogP contribution in [0.4, 0.5) is 0 Å². The standard InChI is InChI=1S/C14H17ClN2O/c1-9-4-12(15)2-3-13(9)14(18)17-7-10-5-16-6-11(10)8-17/h2-4,10-11,16H,5-8H2,1H3. The topological polar surface area (TPSA) is 32.3 Å². The molecule has 2 unspecified atom stereocenters. The molecule has 3 rings (SSSR count). The third-order valence-electron chi connectivity index (χ3n) is 4.10. The maximum atomic E-state index is 12.5. The van der Waals surface area contributed by atoms with E-state index >= 15 is 0 Å². The third kappa shape index (κ3) is 2.02. The number of halogens is 1. The number of amides is 1. The van der Waals surface area contributed by atoms with Crippen molar-refractivity contribution >= 4 is 17.5 Å². The maximum absolute atomic E-state index is 12.5. The van der Waals surface area contributed by atoms with Gasteiger partial charge in [0.2, 0.25) is 0 Å². The van der Waals surface area contributed by atoms with Crippen molar-refractivity contribution in [3.8, 4) is 0 Å². The second-order valence-electron chi connectivity index (χ2n) is 5.35. The molecule has 4 heteroatoms. The van der Waals surface area contributed by atoms with Gasteiger partial charge >= 0.3 is 0 Å². The number of hydrogen-bond acceptors (Lipinski definition) is 2. The van der Waals surface area contributed by atoms with Crippen LogP contribution in [-0.2, 0) is 0 Å². The van der Waals surface area contributed by atoms with Gasteiger partial charge in [-0.05, 0) is 42.5 Å². The van der Waals surface area contributed by atoms with Crippen molar-refractivity contribution in [2.45, 2.75) is 6.92 Å². The van der Waals surface area contributed by atoms with Crippen molar-refractivity contribution in [2.75, 3.05) is 26.2 Å². The molecule has 2 heterocycles. The molecule has 0 aliphatic carbocycles. The van der Waals surface area contributed by atoms with E-state index in [1.807, 2.05) is 24.0 Å². The maximum Gasteiger partial charge on any atom is 0.254 e. The summed E-state index contributed by atoms with van der Waals surface area (Å²) in [4.78, 5) is 14.5. The lowest BCUT2D eigenvalue weighted by Crippen LogP contribution is -2.32. The minimum Gasteiger partial charge on any atom is -0.338 e. The van der Waals surface area contributed by atoms with Gasteiger partial charge in [0.15, 0.2) is 0 Å². The summed E-state index contributed by atoms with van der Waals surface area (Å²) in [5, 5.41) is 4.07. The lowest BCUT2D eigenvalue weighted by molar-refractivity contribution is 0.0781. The van der Waals surface area contributed by atoms with Crippen LogP contribution >= 0.6 is 11.6 Å². The quantitative estimate of drug-likeness (QED) is 0.841. The predicted octanol–water partition coefficient (Wildman–Crippen LogP) is 1.94. The van der Waals surface area contributed by atoms with E-state index in [4.69, 9.17) is 11.6 Å². The predicted molar refractivity (Wildman–Crippen MR) is 71.9 cm³/mol. The van der Waals surface area contributed by atoms with Gasteiger partial charge in [-0.2, -0.15) is 0 Å². The summed E-state index contributed by atoms with van der Waals surface area (Å²) in [6.07, 6.45) is 0. The Morgan fingerprint density at radius 2 is 2.00 bits per heavy atom. The van der Waals surface area contributed by atoms with Crippen LogP contribution in [-0.4, -0.2) is 37.0 Å². The summed E-state index contributed by atoms with van der Waals surface area (Å²) in [7, 11) is 0. The van der Waals surface area contributed by atoms with Gasteiger partial charge in [-0.3, -0.25) is 4.79 Å². The first kappa shape index (κ1) is 12.0. The number of hydrogen-bond donors (Lipinski definition) is 1. The molecule has 2 aliphatic heterocycles. The summed E-state index contributed by atoms with van der Waals surface area (Å²) < 4.78 is 0.